The van der Waals surface area contributed by atoms with Crippen LogP contribution in [0.2, 0.25) is 0 Å². The van der Waals surface area contributed by atoms with E-state index in [9.17, 15) is 9.59 Å². The lowest BCUT2D eigenvalue weighted by Gasteiger charge is -2.16. The zero-order valence-corrected chi connectivity index (χ0v) is 18.1. The van der Waals surface area contributed by atoms with Crippen molar-refractivity contribution in [3.05, 3.63) is 59.7 Å². The minimum Gasteiger partial charge on any atom is -0.493 e. The number of carbonyl (C=O) groups excluding carboxylic acids is 2. The highest BCUT2D eigenvalue weighted by Crippen LogP contribution is 2.17. The average molecular weight is 426 g/mol. The van der Waals surface area contributed by atoms with Gasteiger partial charge in [0.2, 0.25) is 0 Å². The first kappa shape index (κ1) is 21.8. The number of nitrogens with zero attached hydrogens (tertiary/aromatic N) is 1. The van der Waals surface area contributed by atoms with Gasteiger partial charge in [0.25, 0.3) is 11.8 Å². The normalized spacial score (nSPS) is 13.2. The van der Waals surface area contributed by atoms with Gasteiger partial charge >= 0.3 is 0 Å². The lowest BCUT2D eigenvalue weighted by atomic mass is 10.1. The molecule has 2 amide bonds. The number of carbonyl (C=O) groups is 2. The molecular formula is C23H27N3O3S. The minimum atomic E-state index is -0.313. The number of hydrogen-bond acceptors (Lipinski definition) is 4. The van der Waals surface area contributed by atoms with Crippen molar-refractivity contribution in [3.63, 3.8) is 0 Å². The first-order chi connectivity index (χ1) is 14.4. The summed E-state index contributed by atoms with van der Waals surface area (Å²) in [5, 5.41) is 5.81. The quantitative estimate of drug-likeness (QED) is 0.683. The van der Waals surface area contributed by atoms with Crippen molar-refractivity contribution in [1.29, 1.82) is 0 Å². The molecule has 6 nitrogen and oxygen atoms in total. The third-order valence-electron chi connectivity index (χ3n) is 4.69. The van der Waals surface area contributed by atoms with E-state index in [0.717, 1.165) is 31.7 Å². The number of nitrogens with one attached hydrogen (secondary N) is 2. The number of hydrogen-bond donors (Lipinski definition) is 2. The van der Waals surface area contributed by atoms with Gasteiger partial charge in [-0.2, -0.15) is 0 Å². The van der Waals surface area contributed by atoms with Crippen molar-refractivity contribution in [2.45, 2.75) is 26.7 Å². The predicted octanol–water partition coefficient (Wildman–Crippen LogP) is 4.08. The van der Waals surface area contributed by atoms with Gasteiger partial charge in [0, 0.05) is 29.9 Å². The SMILES string of the molecule is CC(C)COc1ccc(C(=O)NC(=S)Nc2cccc(C(=O)N3CCCC3)c2)cc1. The van der Waals surface area contributed by atoms with Crippen LogP contribution in [0.15, 0.2) is 48.5 Å². The Morgan fingerprint density at radius 3 is 2.43 bits per heavy atom. The van der Waals surface area contributed by atoms with E-state index in [4.69, 9.17) is 17.0 Å². The highest BCUT2D eigenvalue weighted by molar-refractivity contribution is 7.80. The van der Waals surface area contributed by atoms with Crippen molar-refractivity contribution in [3.8, 4) is 5.75 Å². The average Bonchev–Trinajstić information content (AvgIpc) is 3.27. The maximum Gasteiger partial charge on any atom is 0.257 e. The Balaban J connectivity index is 1.55. The van der Waals surface area contributed by atoms with E-state index < -0.39 is 0 Å². The molecule has 1 saturated heterocycles. The Labute approximate surface area is 182 Å². The molecular weight excluding hydrogens is 398 g/mol. The number of anilines is 1. The second-order valence-electron chi connectivity index (χ2n) is 7.72. The molecule has 2 aromatic rings. The van der Waals surface area contributed by atoms with Crippen molar-refractivity contribution in [1.82, 2.24) is 10.2 Å². The fourth-order valence-electron chi connectivity index (χ4n) is 3.14. The summed E-state index contributed by atoms with van der Waals surface area (Å²) in [5.41, 5.74) is 1.74. The summed E-state index contributed by atoms with van der Waals surface area (Å²) in [5.74, 6) is 0.860. The molecule has 0 aliphatic carbocycles. The molecule has 2 N–H and O–H groups in total. The van der Waals surface area contributed by atoms with Crippen molar-refractivity contribution < 1.29 is 14.3 Å². The van der Waals surface area contributed by atoms with E-state index in [0.29, 0.717) is 29.3 Å². The van der Waals surface area contributed by atoms with Gasteiger partial charge in [0.05, 0.1) is 6.61 Å². The predicted molar refractivity (Wildman–Crippen MR) is 122 cm³/mol. The smallest absolute Gasteiger partial charge is 0.257 e. The van der Waals surface area contributed by atoms with Gasteiger partial charge in [0.1, 0.15) is 5.75 Å². The van der Waals surface area contributed by atoms with Crippen LogP contribution in [0.25, 0.3) is 0 Å². The standard InChI is InChI=1S/C23H27N3O3S/c1-16(2)15-29-20-10-8-17(9-11-20)21(27)25-23(30)24-19-7-5-6-18(14-19)22(28)26-12-3-4-13-26/h5-11,14,16H,3-4,12-13,15H2,1-2H3,(H2,24,25,27,30). The molecule has 7 heteroatoms. The molecule has 0 spiro atoms. The molecule has 1 aliphatic rings. The van der Waals surface area contributed by atoms with E-state index in [1.54, 1.807) is 48.5 Å². The van der Waals surface area contributed by atoms with Crippen LogP contribution in [0.1, 0.15) is 47.4 Å². The van der Waals surface area contributed by atoms with Crippen LogP contribution in [0.4, 0.5) is 5.69 Å². The maximum absolute atomic E-state index is 12.5. The van der Waals surface area contributed by atoms with Crippen LogP contribution in [0, 0.1) is 5.92 Å². The summed E-state index contributed by atoms with van der Waals surface area (Å²) in [7, 11) is 0. The molecule has 0 saturated carbocycles. The number of rotatable bonds is 6. The molecule has 0 atom stereocenters. The lowest BCUT2D eigenvalue weighted by molar-refractivity contribution is 0.0792. The van der Waals surface area contributed by atoms with Crippen LogP contribution in [-0.2, 0) is 0 Å². The molecule has 2 aromatic carbocycles. The number of amides is 2. The topological polar surface area (TPSA) is 70.7 Å². The van der Waals surface area contributed by atoms with E-state index >= 15 is 0 Å². The molecule has 1 aliphatic heterocycles. The number of benzene rings is 2. The largest absolute Gasteiger partial charge is 0.493 e. The fourth-order valence-corrected chi connectivity index (χ4v) is 3.35. The van der Waals surface area contributed by atoms with Crippen molar-refractivity contribution in [2.24, 2.45) is 5.92 Å². The molecule has 0 aromatic heterocycles. The van der Waals surface area contributed by atoms with Crippen LogP contribution in [-0.4, -0.2) is 41.5 Å². The Kier molecular flexibility index (Phi) is 7.41. The molecule has 0 radical (unpaired) electrons. The Morgan fingerprint density at radius 2 is 1.77 bits per heavy atom. The summed E-state index contributed by atoms with van der Waals surface area (Å²) in [4.78, 5) is 26.8. The monoisotopic (exact) mass is 425 g/mol. The van der Waals surface area contributed by atoms with Gasteiger partial charge in [-0.05, 0) is 73.4 Å². The van der Waals surface area contributed by atoms with Crippen molar-refractivity contribution >= 4 is 34.8 Å². The van der Waals surface area contributed by atoms with E-state index in [-0.39, 0.29) is 16.9 Å². The zero-order chi connectivity index (χ0) is 21.5. The third-order valence-corrected chi connectivity index (χ3v) is 4.89. The number of ether oxygens (including phenoxy) is 1. The summed E-state index contributed by atoms with van der Waals surface area (Å²) in [6.07, 6.45) is 2.09. The van der Waals surface area contributed by atoms with Crippen LogP contribution < -0.4 is 15.4 Å². The highest BCUT2D eigenvalue weighted by Gasteiger charge is 2.19. The zero-order valence-electron chi connectivity index (χ0n) is 17.3. The first-order valence-corrected chi connectivity index (χ1v) is 10.6. The summed E-state index contributed by atoms with van der Waals surface area (Å²) in [6, 6.07) is 14.1. The molecule has 0 bridgehead atoms. The maximum atomic E-state index is 12.5. The Morgan fingerprint density at radius 1 is 1.07 bits per heavy atom. The van der Waals surface area contributed by atoms with E-state index in [1.807, 2.05) is 4.90 Å². The molecule has 158 valence electrons. The Bertz CT molecular complexity index is 906. The summed E-state index contributed by atoms with van der Waals surface area (Å²) < 4.78 is 5.63. The number of likely N-dealkylation sites (tertiary alicyclic amines) is 1. The van der Waals surface area contributed by atoms with Gasteiger partial charge in [-0.1, -0.05) is 19.9 Å². The lowest BCUT2D eigenvalue weighted by Crippen LogP contribution is -2.34. The van der Waals surface area contributed by atoms with Crippen LogP contribution in [0.5, 0.6) is 5.75 Å². The van der Waals surface area contributed by atoms with Crippen molar-refractivity contribution in [2.75, 3.05) is 25.0 Å². The molecule has 30 heavy (non-hydrogen) atoms. The molecule has 1 fully saturated rings. The van der Waals surface area contributed by atoms with Gasteiger partial charge in [-0.15, -0.1) is 0 Å². The van der Waals surface area contributed by atoms with Crippen LogP contribution >= 0.6 is 12.2 Å². The van der Waals surface area contributed by atoms with Crippen LogP contribution in [0.3, 0.4) is 0 Å². The van der Waals surface area contributed by atoms with Gasteiger partial charge in [-0.3, -0.25) is 14.9 Å². The highest BCUT2D eigenvalue weighted by atomic mass is 32.1. The second-order valence-corrected chi connectivity index (χ2v) is 8.13. The summed E-state index contributed by atoms with van der Waals surface area (Å²) >= 11 is 5.26. The molecule has 3 rings (SSSR count). The van der Waals surface area contributed by atoms with Gasteiger partial charge in [0.15, 0.2) is 5.11 Å². The third kappa shape index (κ3) is 6.03. The first-order valence-electron chi connectivity index (χ1n) is 10.2. The Hall–Kier alpha value is -2.93. The number of thiocarbonyl (C=S) groups is 1. The molecule has 1 heterocycles. The second kappa shape index (κ2) is 10.2. The van der Waals surface area contributed by atoms with Gasteiger partial charge < -0.3 is 15.0 Å². The minimum absolute atomic E-state index is 0.0193. The van der Waals surface area contributed by atoms with E-state index in [1.165, 1.54) is 0 Å². The summed E-state index contributed by atoms with van der Waals surface area (Å²) in [6.45, 7) is 6.37. The van der Waals surface area contributed by atoms with Gasteiger partial charge in [-0.25, -0.2) is 0 Å². The van der Waals surface area contributed by atoms with E-state index in [2.05, 4.69) is 24.5 Å². The molecule has 0 unspecified atom stereocenters. The fraction of sp³-hybridized carbons (Fsp3) is 0.348.